The van der Waals surface area contributed by atoms with Crippen LogP contribution in [-0.4, -0.2) is 44.8 Å². The molecule has 0 unspecified atom stereocenters. The maximum Gasteiger partial charge on any atom is 0.162 e. The van der Waals surface area contributed by atoms with E-state index in [2.05, 4.69) is 32.2 Å². The molecule has 21 heavy (non-hydrogen) atoms. The van der Waals surface area contributed by atoms with E-state index in [1.165, 1.54) is 31.5 Å². The molecule has 1 N–H and O–H groups in total. The fourth-order valence-electron chi connectivity index (χ4n) is 3.11. The number of hydrogen-bond donors (Lipinski definition) is 1. The number of nitrogens with zero attached hydrogens (tertiary/aromatic N) is 1. The van der Waals surface area contributed by atoms with Crippen LogP contribution in [0.5, 0.6) is 11.5 Å². The molecule has 0 atom stereocenters. The zero-order valence-corrected chi connectivity index (χ0v) is 14.1. The predicted octanol–water partition coefficient (Wildman–Crippen LogP) is 2.65. The minimum Gasteiger partial charge on any atom is -0.486 e. The molecule has 0 bridgehead atoms. The summed E-state index contributed by atoms with van der Waals surface area (Å²) >= 11 is 3.67. The Labute approximate surface area is 134 Å². The second kappa shape index (κ2) is 6.99. The van der Waals surface area contributed by atoms with Gasteiger partial charge >= 0.3 is 0 Å². The quantitative estimate of drug-likeness (QED) is 0.901. The third-order valence-electron chi connectivity index (χ3n) is 4.31. The number of hydrogen-bond acceptors (Lipinski definition) is 4. The zero-order valence-electron chi connectivity index (χ0n) is 12.5. The van der Waals surface area contributed by atoms with Crippen molar-refractivity contribution in [3.8, 4) is 11.5 Å². The second-order valence-corrected chi connectivity index (χ2v) is 6.72. The molecule has 5 heteroatoms. The first-order chi connectivity index (χ1) is 10.3. The van der Waals surface area contributed by atoms with Crippen LogP contribution < -0.4 is 14.8 Å². The highest BCUT2D eigenvalue weighted by molar-refractivity contribution is 9.10. The lowest BCUT2D eigenvalue weighted by molar-refractivity contribution is 0.167. The van der Waals surface area contributed by atoms with Gasteiger partial charge in [0.05, 0.1) is 0 Å². The topological polar surface area (TPSA) is 33.7 Å². The van der Waals surface area contributed by atoms with Gasteiger partial charge in [-0.05, 0) is 63.1 Å². The van der Waals surface area contributed by atoms with Crippen molar-refractivity contribution in [1.82, 2.24) is 10.2 Å². The molecule has 3 rings (SSSR count). The maximum atomic E-state index is 5.68. The van der Waals surface area contributed by atoms with Crippen LogP contribution in [0.4, 0.5) is 0 Å². The summed E-state index contributed by atoms with van der Waals surface area (Å²) in [5.74, 6) is 2.56. The SMILES string of the molecule is CNCC1CCN(Cc2cc3c(cc2Br)OCCO3)CC1. The fourth-order valence-corrected chi connectivity index (χ4v) is 3.55. The summed E-state index contributed by atoms with van der Waals surface area (Å²) in [6.07, 6.45) is 2.56. The summed E-state index contributed by atoms with van der Waals surface area (Å²) in [5, 5.41) is 3.29. The van der Waals surface area contributed by atoms with E-state index < -0.39 is 0 Å². The molecule has 2 heterocycles. The Balaban J connectivity index is 1.63. The summed E-state index contributed by atoms with van der Waals surface area (Å²) in [4.78, 5) is 2.53. The van der Waals surface area contributed by atoms with Crippen molar-refractivity contribution in [3.05, 3.63) is 22.2 Å². The molecule has 0 aromatic heterocycles. The summed E-state index contributed by atoms with van der Waals surface area (Å²) in [5.41, 5.74) is 1.28. The van der Waals surface area contributed by atoms with E-state index in [0.29, 0.717) is 13.2 Å². The van der Waals surface area contributed by atoms with Crippen molar-refractivity contribution >= 4 is 15.9 Å². The molecule has 1 saturated heterocycles. The van der Waals surface area contributed by atoms with E-state index in [1.54, 1.807) is 0 Å². The van der Waals surface area contributed by atoms with Gasteiger partial charge in [0.2, 0.25) is 0 Å². The average molecular weight is 355 g/mol. The molecule has 0 aliphatic carbocycles. The number of piperidine rings is 1. The van der Waals surface area contributed by atoms with Crippen molar-refractivity contribution in [3.63, 3.8) is 0 Å². The van der Waals surface area contributed by atoms with Gasteiger partial charge in [-0.25, -0.2) is 0 Å². The number of likely N-dealkylation sites (tertiary alicyclic amines) is 1. The van der Waals surface area contributed by atoms with E-state index in [0.717, 1.165) is 35.0 Å². The number of ether oxygens (including phenoxy) is 2. The summed E-state index contributed by atoms with van der Waals surface area (Å²) < 4.78 is 12.4. The third-order valence-corrected chi connectivity index (χ3v) is 5.04. The molecule has 2 aliphatic rings. The van der Waals surface area contributed by atoms with Crippen molar-refractivity contribution in [1.29, 1.82) is 0 Å². The molecule has 1 aromatic rings. The lowest BCUT2D eigenvalue weighted by Gasteiger charge is -2.32. The highest BCUT2D eigenvalue weighted by Gasteiger charge is 2.21. The van der Waals surface area contributed by atoms with E-state index in [4.69, 9.17) is 9.47 Å². The van der Waals surface area contributed by atoms with Gasteiger partial charge in [-0.1, -0.05) is 15.9 Å². The summed E-state index contributed by atoms with van der Waals surface area (Å²) in [6.45, 7) is 5.74. The molecule has 0 radical (unpaired) electrons. The zero-order chi connectivity index (χ0) is 14.7. The van der Waals surface area contributed by atoms with Gasteiger partial charge in [0.15, 0.2) is 11.5 Å². The number of benzene rings is 1. The summed E-state index contributed by atoms with van der Waals surface area (Å²) in [6, 6.07) is 4.16. The predicted molar refractivity (Wildman–Crippen MR) is 87.1 cm³/mol. The highest BCUT2D eigenvalue weighted by Crippen LogP contribution is 2.36. The van der Waals surface area contributed by atoms with Crippen LogP contribution >= 0.6 is 15.9 Å². The first kappa shape index (κ1) is 15.1. The number of rotatable bonds is 4. The van der Waals surface area contributed by atoms with Gasteiger partial charge in [0.25, 0.3) is 0 Å². The first-order valence-corrected chi connectivity index (χ1v) is 8.50. The smallest absolute Gasteiger partial charge is 0.162 e. The normalized spacial score (nSPS) is 19.7. The third kappa shape index (κ3) is 3.71. The molecule has 1 fully saturated rings. The molecule has 0 saturated carbocycles. The Bertz CT molecular complexity index is 487. The number of nitrogens with one attached hydrogen (secondary N) is 1. The lowest BCUT2D eigenvalue weighted by Crippen LogP contribution is -2.36. The molecule has 2 aliphatic heterocycles. The Morgan fingerprint density at radius 1 is 1.19 bits per heavy atom. The van der Waals surface area contributed by atoms with Crippen molar-refractivity contribution in [2.45, 2.75) is 19.4 Å². The van der Waals surface area contributed by atoms with Crippen LogP contribution in [0.25, 0.3) is 0 Å². The Morgan fingerprint density at radius 2 is 1.86 bits per heavy atom. The summed E-state index contributed by atoms with van der Waals surface area (Å²) in [7, 11) is 2.04. The highest BCUT2D eigenvalue weighted by atomic mass is 79.9. The van der Waals surface area contributed by atoms with Gasteiger partial charge < -0.3 is 14.8 Å². The molecule has 1 aromatic carbocycles. The molecule has 116 valence electrons. The molecule has 0 amide bonds. The Hall–Kier alpha value is -0.780. The van der Waals surface area contributed by atoms with Crippen LogP contribution in [0.1, 0.15) is 18.4 Å². The van der Waals surface area contributed by atoms with Crippen molar-refractivity contribution < 1.29 is 9.47 Å². The van der Waals surface area contributed by atoms with Crippen LogP contribution in [-0.2, 0) is 6.54 Å². The number of fused-ring (bicyclic) bond motifs is 1. The van der Waals surface area contributed by atoms with E-state index >= 15 is 0 Å². The minimum atomic E-state index is 0.637. The molecule has 0 spiro atoms. The van der Waals surface area contributed by atoms with Crippen LogP contribution in [0, 0.1) is 5.92 Å². The number of halogens is 1. The van der Waals surface area contributed by atoms with Crippen molar-refractivity contribution in [2.24, 2.45) is 5.92 Å². The standard InChI is InChI=1S/C16H23BrN2O2/c1-18-10-12-2-4-19(5-3-12)11-13-8-15-16(9-14(13)17)21-7-6-20-15/h8-9,12,18H,2-7,10-11H2,1H3. The van der Waals surface area contributed by atoms with Crippen molar-refractivity contribution in [2.75, 3.05) is 39.9 Å². The fraction of sp³-hybridized carbons (Fsp3) is 0.625. The average Bonchev–Trinajstić information content (AvgIpc) is 2.50. The van der Waals surface area contributed by atoms with E-state index in [-0.39, 0.29) is 0 Å². The molecular formula is C16H23BrN2O2. The van der Waals surface area contributed by atoms with E-state index in [1.807, 2.05) is 13.1 Å². The minimum absolute atomic E-state index is 0.637. The van der Waals surface area contributed by atoms with Crippen LogP contribution in [0.2, 0.25) is 0 Å². The molecular weight excluding hydrogens is 332 g/mol. The van der Waals surface area contributed by atoms with Gasteiger partial charge in [-0.15, -0.1) is 0 Å². The van der Waals surface area contributed by atoms with Gasteiger partial charge in [-0.2, -0.15) is 0 Å². The monoisotopic (exact) mass is 354 g/mol. The van der Waals surface area contributed by atoms with Gasteiger partial charge in [0.1, 0.15) is 13.2 Å². The van der Waals surface area contributed by atoms with E-state index in [9.17, 15) is 0 Å². The van der Waals surface area contributed by atoms with Gasteiger partial charge in [0, 0.05) is 11.0 Å². The first-order valence-electron chi connectivity index (χ1n) is 7.71. The van der Waals surface area contributed by atoms with Crippen LogP contribution in [0.15, 0.2) is 16.6 Å². The Kier molecular flexibility index (Phi) is 5.03. The largest absolute Gasteiger partial charge is 0.486 e. The van der Waals surface area contributed by atoms with Crippen LogP contribution in [0.3, 0.4) is 0 Å². The maximum absolute atomic E-state index is 5.68. The lowest BCUT2D eigenvalue weighted by atomic mass is 9.96. The Morgan fingerprint density at radius 3 is 2.52 bits per heavy atom. The van der Waals surface area contributed by atoms with Gasteiger partial charge in [-0.3, -0.25) is 4.90 Å². The molecule has 4 nitrogen and oxygen atoms in total. The second-order valence-electron chi connectivity index (χ2n) is 5.86.